The van der Waals surface area contributed by atoms with Crippen LogP contribution in [0.15, 0.2) is 48.5 Å². The van der Waals surface area contributed by atoms with E-state index >= 15 is 0 Å². The summed E-state index contributed by atoms with van der Waals surface area (Å²) in [5.74, 6) is 0.632. The number of likely N-dealkylation sites (N-methyl/N-ethyl adjacent to an activating group) is 1. The van der Waals surface area contributed by atoms with Gasteiger partial charge in [-0.25, -0.2) is 9.97 Å². The summed E-state index contributed by atoms with van der Waals surface area (Å²) in [4.78, 5) is 26.9. The molecule has 0 aliphatic rings. The molecule has 1 atom stereocenters. The lowest BCUT2D eigenvalue weighted by Gasteiger charge is -2.19. The number of fused-ring (bicyclic) bond motifs is 1. The topological polar surface area (TPSA) is 92.3 Å². The van der Waals surface area contributed by atoms with E-state index in [0.29, 0.717) is 34.2 Å². The molecule has 4 aromatic rings. The van der Waals surface area contributed by atoms with E-state index in [2.05, 4.69) is 25.6 Å². The average Bonchev–Trinajstić information content (AvgIpc) is 3.20. The van der Waals surface area contributed by atoms with Crippen molar-refractivity contribution in [3.63, 3.8) is 0 Å². The van der Waals surface area contributed by atoms with Gasteiger partial charge >= 0.3 is 6.18 Å². The molecule has 2 N–H and O–H groups in total. The molecule has 0 bridgehead atoms. The first-order valence-corrected chi connectivity index (χ1v) is 12.1. The van der Waals surface area contributed by atoms with Crippen LogP contribution in [-0.4, -0.2) is 52.4 Å². The lowest BCUT2D eigenvalue weighted by atomic mass is 10.1. The van der Waals surface area contributed by atoms with Gasteiger partial charge in [-0.15, -0.1) is 0 Å². The molecule has 0 saturated carbocycles. The number of hydrogen-bond donors (Lipinski definition) is 2. The first-order valence-electron chi connectivity index (χ1n) is 11.3. The summed E-state index contributed by atoms with van der Waals surface area (Å²) in [7, 11) is 3.88. The third-order valence-electron chi connectivity index (χ3n) is 5.10. The van der Waals surface area contributed by atoms with Crippen LogP contribution in [-0.2, 0) is 11.0 Å². The molecule has 0 saturated heterocycles. The molecule has 194 valence electrons. The number of carbonyl (C=O) groups is 1. The Bertz CT molecular complexity index is 1410. The normalized spacial score (nSPS) is 12.5. The zero-order chi connectivity index (χ0) is 26.7. The number of rotatable bonds is 8. The highest BCUT2D eigenvalue weighted by atomic mass is 32.1. The fourth-order valence-corrected chi connectivity index (χ4v) is 4.59. The zero-order valence-electron chi connectivity index (χ0n) is 20.6. The Balaban J connectivity index is 1.71. The van der Waals surface area contributed by atoms with Gasteiger partial charge in [-0.3, -0.25) is 4.79 Å². The number of benzene rings is 2. The molecule has 1 amide bonds. The molecular formula is C25H25F3N6O2S. The molecule has 8 nitrogen and oxygen atoms in total. The minimum Gasteiger partial charge on any atom is -0.437 e. The van der Waals surface area contributed by atoms with Crippen LogP contribution < -0.4 is 15.4 Å². The minimum atomic E-state index is -4.44. The van der Waals surface area contributed by atoms with Gasteiger partial charge in [-0.05, 0) is 45.3 Å². The van der Waals surface area contributed by atoms with Crippen molar-refractivity contribution >= 4 is 38.5 Å². The monoisotopic (exact) mass is 530 g/mol. The van der Waals surface area contributed by atoms with Gasteiger partial charge in [-0.1, -0.05) is 29.5 Å². The second-order valence-electron chi connectivity index (χ2n) is 8.70. The first-order chi connectivity index (χ1) is 17.5. The molecule has 0 aliphatic carbocycles. The predicted molar refractivity (Wildman–Crippen MR) is 138 cm³/mol. The van der Waals surface area contributed by atoms with E-state index in [0.717, 1.165) is 16.8 Å². The summed E-state index contributed by atoms with van der Waals surface area (Å²) in [5, 5.41) is 6.33. The van der Waals surface area contributed by atoms with Crippen molar-refractivity contribution in [1.29, 1.82) is 0 Å². The van der Waals surface area contributed by atoms with Gasteiger partial charge < -0.3 is 20.3 Å². The molecular weight excluding hydrogens is 505 g/mol. The van der Waals surface area contributed by atoms with Crippen LogP contribution in [0.4, 0.5) is 24.3 Å². The van der Waals surface area contributed by atoms with E-state index in [-0.39, 0.29) is 23.8 Å². The molecule has 2 aromatic carbocycles. The zero-order valence-corrected chi connectivity index (χ0v) is 21.4. The second kappa shape index (κ2) is 10.7. The fraction of sp³-hybridized carbons (Fsp3) is 0.280. The Morgan fingerprint density at radius 2 is 1.84 bits per heavy atom. The molecule has 2 heterocycles. The summed E-state index contributed by atoms with van der Waals surface area (Å²) < 4.78 is 46.1. The number of thiazole rings is 1. The van der Waals surface area contributed by atoms with Crippen molar-refractivity contribution in [3.8, 4) is 22.9 Å². The molecule has 0 aliphatic heterocycles. The minimum absolute atomic E-state index is 0.0205. The molecule has 4 rings (SSSR count). The molecule has 2 aromatic heterocycles. The van der Waals surface area contributed by atoms with E-state index in [1.165, 1.54) is 30.4 Å². The summed E-state index contributed by atoms with van der Waals surface area (Å²) in [5.41, 5.74) is 0.664. The van der Waals surface area contributed by atoms with Gasteiger partial charge in [0.25, 0.3) is 0 Å². The van der Waals surface area contributed by atoms with Crippen LogP contribution in [0.1, 0.15) is 19.4 Å². The summed E-state index contributed by atoms with van der Waals surface area (Å²) in [6.07, 6.45) is -4.44. The summed E-state index contributed by atoms with van der Waals surface area (Å²) in [6, 6.07) is 11.7. The van der Waals surface area contributed by atoms with Crippen LogP contribution in [0.25, 0.3) is 21.5 Å². The van der Waals surface area contributed by atoms with Crippen molar-refractivity contribution in [1.82, 2.24) is 19.9 Å². The summed E-state index contributed by atoms with van der Waals surface area (Å²) >= 11 is 1.31. The second-order valence-corrected chi connectivity index (χ2v) is 9.73. The Labute approximate surface area is 215 Å². The van der Waals surface area contributed by atoms with Crippen LogP contribution in [0.2, 0.25) is 0 Å². The van der Waals surface area contributed by atoms with Crippen LogP contribution in [0, 0.1) is 0 Å². The first kappa shape index (κ1) is 26.3. The van der Waals surface area contributed by atoms with Crippen LogP contribution in [0.3, 0.4) is 0 Å². The van der Waals surface area contributed by atoms with Crippen LogP contribution >= 0.6 is 11.3 Å². The number of alkyl halides is 3. The Morgan fingerprint density at radius 1 is 1.11 bits per heavy atom. The number of amides is 1. The molecule has 0 radical (unpaired) electrons. The highest BCUT2D eigenvalue weighted by molar-refractivity contribution is 7.22. The highest BCUT2D eigenvalue weighted by Gasteiger charge is 2.30. The maximum atomic E-state index is 13.1. The van der Waals surface area contributed by atoms with Gasteiger partial charge in [0.15, 0.2) is 10.9 Å². The predicted octanol–water partition coefficient (Wildman–Crippen LogP) is 5.88. The third-order valence-corrected chi connectivity index (χ3v) is 6.04. The third kappa shape index (κ3) is 6.71. The van der Waals surface area contributed by atoms with Gasteiger partial charge in [0.2, 0.25) is 17.7 Å². The fourth-order valence-electron chi connectivity index (χ4n) is 3.66. The van der Waals surface area contributed by atoms with E-state index < -0.39 is 11.7 Å². The van der Waals surface area contributed by atoms with Crippen molar-refractivity contribution in [2.24, 2.45) is 0 Å². The van der Waals surface area contributed by atoms with Gasteiger partial charge in [0, 0.05) is 31.1 Å². The van der Waals surface area contributed by atoms with Gasteiger partial charge in [-0.2, -0.15) is 18.2 Å². The maximum Gasteiger partial charge on any atom is 0.416 e. The number of halogens is 3. The number of ether oxygens (including phenoxy) is 1. The van der Waals surface area contributed by atoms with Gasteiger partial charge in [0.05, 0.1) is 16.0 Å². The van der Waals surface area contributed by atoms with Crippen molar-refractivity contribution in [2.75, 3.05) is 31.3 Å². The Hall–Kier alpha value is -3.77. The molecule has 37 heavy (non-hydrogen) atoms. The SMILES string of the molecule is CC(=O)Nc1nc2c(Oc3cc(-c4ccc(C(F)(F)F)cc4)nc(N[C@@H](C)CN(C)C)n3)cccc2s1. The number of para-hydroxylation sites is 1. The van der Waals surface area contributed by atoms with E-state index in [9.17, 15) is 18.0 Å². The molecule has 0 spiro atoms. The smallest absolute Gasteiger partial charge is 0.416 e. The largest absolute Gasteiger partial charge is 0.437 e. The summed E-state index contributed by atoms with van der Waals surface area (Å²) in [6.45, 7) is 4.07. The quantitative estimate of drug-likeness (QED) is 0.294. The van der Waals surface area contributed by atoms with Crippen LogP contribution in [0.5, 0.6) is 11.6 Å². The lowest BCUT2D eigenvalue weighted by Crippen LogP contribution is -2.30. The number of anilines is 2. The average molecular weight is 531 g/mol. The standard InChI is InChI=1S/C25H25F3N6O2S/c1-14(13-34(3)4)29-23-31-18(16-8-10-17(11-9-16)25(26,27)28)12-21(32-23)36-19-6-5-7-20-22(19)33-24(37-20)30-15(2)35/h5-12,14H,13H2,1-4H3,(H,29,31,32)(H,30,33,35)/t14-/m0/s1. The van der Waals surface area contributed by atoms with E-state index in [4.69, 9.17) is 4.74 Å². The number of aromatic nitrogens is 3. The lowest BCUT2D eigenvalue weighted by molar-refractivity contribution is -0.137. The number of nitrogens with one attached hydrogen (secondary N) is 2. The highest BCUT2D eigenvalue weighted by Crippen LogP contribution is 2.36. The molecule has 12 heteroatoms. The Kier molecular flexibility index (Phi) is 7.60. The number of nitrogens with zero attached hydrogens (tertiary/aromatic N) is 4. The van der Waals surface area contributed by atoms with Gasteiger partial charge in [0.1, 0.15) is 5.52 Å². The number of carbonyl (C=O) groups excluding carboxylic acids is 1. The van der Waals surface area contributed by atoms with E-state index in [1.807, 2.05) is 32.0 Å². The molecule has 0 unspecified atom stereocenters. The van der Waals surface area contributed by atoms with Crippen molar-refractivity contribution in [2.45, 2.75) is 26.1 Å². The van der Waals surface area contributed by atoms with E-state index in [1.54, 1.807) is 18.2 Å². The Morgan fingerprint density at radius 3 is 2.49 bits per heavy atom. The molecule has 0 fully saturated rings. The van der Waals surface area contributed by atoms with Crippen molar-refractivity contribution in [3.05, 3.63) is 54.1 Å². The maximum absolute atomic E-state index is 13.1. The number of hydrogen-bond acceptors (Lipinski definition) is 8. The van der Waals surface area contributed by atoms with Crippen molar-refractivity contribution < 1.29 is 22.7 Å².